The highest BCUT2D eigenvalue weighted by molar-refractivity contribution is 5.80. The highest BCUT2D eigenvalue weighted by atomic mass is 16.5. The second-order valence-corrected chi connectivity index (χ2v) is 10.7. The first kappa shape index (κ1) is 36.9. The summed E-state index contributed by atoms with van der Waals surface area (Å²) in [6, 6.07) is 0. The molecule has 0 bridgehead atoms. The Labute approximate surface area is 239 Å². The lowest BCUT2D eigenvalue weighted by Crippen LogP contribution is -2.28. The third-order valence-corrected chi connectivity index (χ3v) is 6.86. The highest BCUT2D eigenvalue weighted by Crippen LogP contribution is 2.16. The molecule has 0 rings (SSSR count). The van der Waals surface area contributed by atoms with Gasteiger partial charge in [-0.15, -0.1) is 0 Å². The maximum absolute atomic E-state index is 12.3. The van der Waals surface area contributed by atoms with Gasteiger partial charge in [-0.3, -0.25) is 14.4 Å². The average Bonchev–Trinajstić information content (AvgIpc) is 2.91. The summed E-state index contributed by atoms with van der Waals surface area (Å²) < 4.78 is 5.72. The van der Waals surface area contributed by atoms with E-state index >= 15 is 0 Å². The van der Waals surface area contributed by atoms with Crippen molar-refractivity contribution in [1.82, 2.24) is 5.32 Å². The van der Waals surface area contributed by atoms with Crippen LogP contribution in [0.25, 0.3) is 0 Å². The molecule has 0 aliphatic carbocycles. The quantitative estimate of drug-likeness (QED) is 0.0578. The Morgan fingerprint density at radius 3 is 1.85 bits per heavy atom. The molecule has 0 radical (unpaired) electrons. The Morgan fingerprint density at radius 1 is 0.667 bits per heavy atom. The van der Waals surface area contributed by atoms with E-state index in [2.05, 4.69) is 43.5 Å². The van der Waals surface area contributed by atoms with E-state index in [1.165, 1.54) is 70.6 Å². The fraction of sp³-hybridized carbons (Fsp3) is 0.788. The number of carbonyl (C=O) groups is 3. The number of carboxylic acid groups (broad SMARTS) is 1. The lowest BCUT2D eigenvalue weighted by atomic mass is 10.0. The van der Waals surface area contributed by atoms with E-state index in [-0.39, 0.29) is 24.5 Å². The minimum atomic E-state index is -1.03. The number of rotatable bonds is 28. The van der Waals surface area contributed by atoms with Crippen molar-refractivity contribution >= 4 is 17.8 Å². The topological polar surface area (TPSA) is 92.7 Å². The number of allylic oxidation sites excluding steroid dienone is 4. The predicted molar refractivity (Wildman–Crippen MR) is 162 cm³/mol. The summed E-state index contributed by atoms with van der Waals surface area (Å²) in [7, 11) is 0. The third kappa shape index (κ3) is 28.7. The van der Waals surface area contributed by atoms with Gasteiger partial charge < -0.3 is 15.2 Å². The van der Waals surface area contributed by atoms with Gasteiger partial charge >= 0.3 is 11.9 Å². The van der Waals surface area contributed by atoms with Crippen LogP contribution in [0.1, 0.15) is 155 Å². The standard InChI is InChI=1S/C33H59NO5/c1-3-5-6-7-8-9-10-11-12-13-14-15-16-17-18-19-20-24-28-33(38)39-30(25-4-2)26-22-21-23-27-31(35)34-29-32(36)37/h9-10,12-13,30H,3-8,11,14-29H2,1-2H3,(H,34,35)(H,36,37)/b10-9-,13-12-. The summed E-state index contributed by atoms with van der Waals surface area (Å²) in [5.41, 5.74) is 0. The molecule has 0 saturated carbocycles. The first-order valence-electron chi connectivity index (χ1n) is 16.0. The Hall–Kier alpha value is -2.11. The average molecular weight is 550 g/mol. The van der Waals surface area contributed by atoms with Gasteiger partial charge in [-0.25, -0.2) is 0 Å². The molecule has 0 fully saturated rings. The van der Waals surface area contributed by atoms with Crippen LogP contribution in [0.5, 0.6) is 0 Å². The molecular weight excluding hydrogens is 490 g/mol. The summed E-state index contributed by atoms with van der Waals surface area (Å²) in [6.07, 6.45) is 32.2. The van der Waals surface area contributed by atoms with Crippen molar-refractivity contribution in [2.24, 2.45) is 0 Å². The third-order valence-electron chi connectivity index (χ3n) is 6.86. The van der Waals surface area contributed by atoms with Crippen LogP contribution in [0.2, 0.25) is 0 Å². The molecule has 6 heteroatoms. The monoisotopic (exact) mass is 549 g/mol. The molecule has 1 amide bonds. The molecule has 1 unspecified atom stereocenters. The number of hydrogen-bond acceptors (Lipinski definition) is 4. The van der Waals surface area contributed by atoms with Crippen LogP contribution >= 0.6 is 0 Å². The maximum atomic E-state index is 12.3. The molecule has 0 saturated heterocycles. The largest absolute Gasteiger partial charge is 0.480 e. The van der Waals surface area contributed by atoms with Gasteiger partial charge in [0.25, 0.3) is 0 Å². The van der Waals surface area contributed by atoms with Crippen molar-refractivity contribution in [3.05, 3.63) is 24.3 Å². The number of carbonyl (C=O) groups excluding carboxylic acids is 2. The SMILES string of the molecule is CCCCCC/C=C\C/C=C\CCCCCCCCCC(=O)OC(CCC)CCCCCC(=O)NCC(=O)O. The van der Waals surface area contributed by atoms with Gasteiger partial charge in [0.2, 0.25) is 5.91 Å². The molecule has 0 spiro atoms. The molecule has 0 aromatic rings. The fourth-order valence-electron chi connectivity index (χ4n) is 4.54. The molecule has 2 N–H and O–H groups in total. The normalized spacial score (nSPS) is 12.3. The van der Waals surface area contributed by atoms with Crippen molar-refractivity contribution in [2.45, 2.75) is 161 Å². The number of aliphatic carboxylic acids is 1. The van der Waals surface area contributed by atoms with E-state index in [1.54, 1.807) is 0 Å². The molecule has 0 aliphatic heterocycles. The second kappa shape index (κ2) is 28.9. The van der Waals surface area contributed by atoms with Crippen molar-refractivity contribution < 1.29 is 24.2 Å². The lowest BCUT2D eigenvalue weighted by molar-refractivity contribution is -0.150. The van der Waals surface area contributed by atoms with Crippen LogP contribution in [0, 0.1) is 0 Å². The molecule has 0 aromatic carbocycles. The van der Waals surface area contributed by atoms with E-state index in [1.807, 2.05) is 0 Å². The maximum Gasteiger partial charge on any atom is 0.322 e. The molecular formula is C33H59NO5. The van der Waals surface area contributed by atoms with Gasteiger partial charge in [0, 0.05) is 12.8 Å². The molecule has 226 valence electrons. The number of hydrogen-bond donors (Lipinski definition) is 2. The fourth-order valence-corrected chi connectivity index (χ4v) is 4.54. The van der Waals surface area contributed by atoms with Gasteiger partial charge in [-0.2, -0.15) is 0 Å². The van der Waals surface area contributed by atoms with E-state index < -0.39 is 5.97 Å². The molecule has 0 aromatic heterocycles. The van der Waals surface area contributed by atoms with Gasteiger partial charge in [-0.1, -0.05) is 102 Å². The molecule has 6 nitrogen and oxygen atoms in total. The van der Waals surface area contributed by atoms with Crippen LogP contribution in [0.3, 0.4) is 0 Å². The van der Waals surface area contributed by atoms with Crippen LogP contribution in [-0.2, 0) is 19.1 Å². The zero-order valence-corrected chi connectivity index (χ0v) is 25.2. The molecule has 39 heavy (non-hydrogen) atoms. The Balaban J connectivity index is 3.65. The van der Waals surface area contributed by atoms with Gasteiger partial charge in [0.05, 0.1) is 0 Å². The van der Waals surface area contributed by atoms with Gasteiger partial charge in [0.15, 0.2) is 0 Å². The summed E-state index contributed by atoms with van der Waals surface area (Å²) >= 11 is 0. The van der Waals surface area contributed by atoms with E-state index in [4.69, 9.17) is 9.84 Å². The predicted octanol–water partition coefficient (Wildman–Crippen LogP) is 8.83. The van der Waals surface area contributed by atoms with E-state index in [0.717, 1.165) is 51.4 Å². The summed E-state index contributed by atoms with van der Waals surface area (Å²) in [6.45, 7) is 4.02. The number of unbranched alkanes of at least 4 members (excludes halogenated alkanes) is 13. The first-order valence-corrected chi connectivity index (χ1v) is 16.0. The molecule has 0 aliphatic rings. The van der Waals surface area contributed by atoms with Crippen LogP contribution < -0.4 is 5.32 Å². The number of amides is 1. The Morgan fingerprint density at radius 2 is 1.23 bits per heavy atom. The minimum Gasteiger partial charge on any atom is -0.480 e. The van der Waals surface area contributed by atoms with E-state index in [9.17, 15) is 14.4 Å². The Bertz CT molecular complexity index is 658. The Kier molecular flexibility index (Phi) is 27.3. The zero-order valence-electron chi connectivity index (χ0n) is 25.2. The van der Waals surface area contributed by atoms with Crippen molar-refractivity contribution in [2.75, 3.05) is 6.54 Å². The molecule has 0 heterocycles. The zero-order chi connectivity index (χ0) is 28.8. The van der Waals surface area contributed by atoms with Crippen LogP contribution in [0.15, 0.2) is 24.3 Å². The van der Waals surface area contributed by atoms with Crippen LogP contribution in [-0.4, -0.2) is 35.6 Å². The highest BCUT2D eigenvalue weighted by Gasteiger charge is 2.13. The molecule has 1 atom stereocenters. The number of ether oxygens (including phenoxy) is 1. The number of nitrogens with one attached hydrogen (secondary N) is 1. The van der Waals surface area contributed by atoms with Crippen molar-refractivity contribution in [3.8, 4) is 0 Å². The second-order valence-electron chi connectivity index (χ2n) is 10.7. The summed E-state index contributed by atoms with van der Waals surface area (Å²) in [5.74, 6) is -1.35. The van der Waals surface area contributed by atoms with Crippen molar-refractivity contribution in [3.63, 3.8) is 0 Å². The number of esters is 1. The van der Waals surface area contributed by atoms with Crippen LogP contribution in [0.4, 0.5) is 0 Å². The summed E-state index contributed by atoms with van der Waals surface area (Å²) in [4.78, 5) is 34.3. The minimum absolute atomic E-state index is 0.0380. The van der Waals surface area contributed by atoms with Gasteiger partial charge in [-0.05, 0) is 64.2 Å². The first-order chi connectivity index (χ1) is 19.0. The lowest BCUT2D eigenvalue weighted by Gasteiger charge is -2.17. The van der Waals surface area contributed by atoms with E-state index in [0.29, 0.717) is 19.3 Å². The number of carboxylic acids is 1. The summed E-state index contributed by atoms with van der Waals surface area (Å²) in [5, 5.41) is 10.9. The van der Waals surface area contributed by atoms with Gasteiger partial charge in [0.1, 0.15) is 12.6 Å². The van der Waals surface area contributed by atoms with Crippen molar-refractivity contribution in [1.29, 1.82) is 0 Å². The smallest absolute Gasteiger partial charge is 0.322 e.